The summed E-state index contributed by atoms with van der Waals surface area (Å²) >= 11 is 3.07. The van der Waals surface area contributed by atoms with Gasteiger partial charge in [0.25, 0.3) is 5.91 Å². The summed E-state index contributed by atoms with van der Waals surface area (Å²) in [6, 6.07) is 4.46. The number of hydrogen-bond donors (Lipinski definition) is 0. The maximum Gasteiger partial charge on any atom is 0.254 e. The smallest absolute Gasteiger partial charge is 0.254 e. The number of hydrogen-bond acceptors (Lipinski definition) is 2. The second-order valence-corrected chi connectivity index (χ2v) is 4.91. The molecule has 3 nitrogen and oxygen atoms in total. The van der Waals surface area contributed by atoms with Gasteiger partial charge in [-0.3, -0.25) is 4.79 Å². The molecule has 1 aliphatic heterocycles. The van der Waals surface area contributed by atoms with Crippen molar-refractivity contribution in [1.29, 1.82) is 0 Å². The number of rotatable bonds is 1. The molecule has 0 radical (unpaired) electrons. The highest BCUT2D eigenvalue weighted by Gasteiger charge is 2.25. The largest absolute Gasteiger partial charge is 0.377 e. The topological polar surface area (TPSA) is 29.5 Å². The minimum Gasteiger partial charge on any atom is -0.377 e. The third-order valence-electron chi connectivity index (χ3n) is 2.80. The van der Waals surface area contributed by atoms with Gasteiger partial charge in [-0.15, -0.1) is 0 Å². The van der Waals surface area contributed by atoms with Crippen molar-refractivity contribution in [2.75, 3.05) is 19.8 Å². The maximum absolute atomic E-state index is 13.4. The standard InChI is InChI=1S/C12H13BrFNO2/c1-8-7-17-5-4-15(8)12(16)9-2-3-10(13)11(14)6-9/h2-3,6,8H,4-5,7H2,1H3/t8-/m1/s1. The molecule has 1 aliphatic rings. The highest BCUT2D eigenvalue weighted by molar-refractivity contribution is 9.10. The van der Waals surface area contributed by atoms with E-state index in [1.807, 2.05) is 6.92 Å². The van der Waals surface area contributed by atoms with Crippen LogP contribution >= 0.6 is 15.9 Å². The van der Waals surface area contributed by atoms with Gasteiger partial charge in [0.2, 0.25) is 0 Å². The second kappa shape index (κ2) is 5.14. The molecule has 1 saturated heterocycles. The number of amides is 1. The predicted octanol–water partition coefficient (Wildman–Crippen LogP) is 2.45. The van der Waals surface area contributed by atoms with Gasteiger partial charge in [-0.2, -0.15) is 0 Å². The summed E-state index contributed by atoms with van der Waals surface area (Å²) in [5, 5.41) is 0. The van der Waals surface area contributed by atoms with E-state index in [1.165, 1.54) is 6.07 Å². The zero-order valence-electron chi connectivity index (χ0n) is 9.45. The molecule has 0 unspecified atom stereocenters. The Bertz CT molecular complexity index is 439. The van der Waals surface area contributed by atoms with E-state index in [1.54, 1.807) is 17.0 Å². The Morgan fingerprint density at radius 3 is 3.00 bits per heavy atom. The van der Waals surface area contributed by atoms with Crippen LogP contribution in [0.4, 0.5) is 4.39 Å². The average Bonchev–Trinajstić information content (AvgIpc) is 2.32. The van der Waals surface area contributed by atoms with Crippen LogP contribution in [0.3, 0.4) is 0 Å². The van der Waals surface area contributed by atoms with Gasteiger partial charge < -0.3 is 9.64 Å². The van der Waals surface area contributed by atoms with E-state index in [9.17, 15) is 9.18 Å². The molecule has 5 heteroatoms. The van der Waals surface area contributed by atoms with Crippen molar-refractivity contribution < 1.29 is 13.9 Å². The molecule has 0 aliphatic carbocycles. The summed E-state index contributed by atoms with van der Waals surface area (Å²) in [5.74, 6) is -0.566. The zero-order chi connectivity index (χ0) is 12.4. The normalized spacial score (nSPS) is 20.4. The molecule has 92 valence electrons. The highest BCUT2D eigenvalue weighted by atomic mass is 79.9. The molecule has 0 aromatic heterocycles. The summed E-state index contributed by atoms with van der Waals surface area (Å²) in [7, 11) is 0. The van der Waals surface area contributed by atoms with Gasteiger partial charge in [0.05, 0.1) is 23.7 Å². The van der Waals surface area contributed by atoms with Crippen molar-refractivity contribution in [3.05, 3.63) is 34.1 Å². The number of carbonyl (C=O) groups excluding carboxylic acids is 1. The number of nitrogens with zero attached hydrogens (tertiary/aromatic N) is 1. The number of halogens is 2. The van der Waals surface area contributed by atoms with Gasteiger partial charge in [-0.1, -0.05) is 0 Å². The Balaban J connectivity index is 2.21. The van der Waals surface area contributed by atoms with Crippen molar-refractivity contribution in [1.82, 2.24) is 4.90 Å². The van der Waals surface area contributed by atoms with Crippen molar-refractivity contribution in [2.24, 2.45) is 0 Å². The molecule has 1 aromatic rings. The zero-order valence-corrected chi connectivity index (χ0v) is 11.0. The number of morpholine rings is 1. The van der Waals surface area contributed by atoms with E-state index in [4.69, 9.17) is 4.74 Å². The van der Waals surface area contributed by atoms with Crippen LogP contribution in [-0.2, 0) is 4.74 Å². The van der Waals surface area contributed by atoms with Gasteiger partial charge in [-0.25, -0.2) is 4.39 Å². The lowest BCUT2D eigenvalue weighted by molar-refractivity contribution is 0.00357. The molecule has 1 fully saturated rings. The summed E-state index contributed by atoms with van der Waals surface area (Å²) in [6.45, 7) is 3.55. The van der Waals surface area contributed by atoms with E-state index >= 15 is 0 Å². The Morgan fingerprint density at radius 1 is 1.59 bits per heavy atom. The molecule has 0 N–H and O–H groups in total. The molecule has 0 bridgehead atoms. The Hall–Kier alpha value is -0.940. The van der Waals surface area contributed by atoms with Crippen molar-refractivity contribution in [3.8, 4) is 0 Å². The van der Waals surface area contributed by atoms with Gasteiger partial charge in [0.15, 0.2) is 0 Å². The lowest BCUT2D eigenvalue weighted by Gasteiger charge is -2.33. The first-order valence-electron chi connectivity index (χ1n) is 5.43. The van der Waals surface area contributed by atoms with Crippen LogP contribution in [0.1, 0.15) is 17.3 Å². The number of benzene rings is 1. The van der Waals surface area contributed by atoms with Gasteiger partial charge >= 0.3 is 0 Å². The molecular formula is C12H13BrFNO2. The van der Waals surface area contributed by atoms with Crippen molar-refractivity contribution in [2.45, 2.75) is 13.0 Å². The SMILES string of the molecule is C[C@@H]1COCCN1C(=O)c1ccc(Br)c(F)c1. The lowest BCUT2D eigenvalue weighted by Crippen LogP contribution is -2.47. The lowest BCUT2D eigenvalue weighted by atomic mass is 10.1. The Labute approximate surface area is 108 Å². The van der Waals surface area contributed by atoms with E-state index in [2.05, 4.69) is 15.9 Å². The Morgan fingerprint density at radius 2 is 2.35 bits per heavy atom. The fourth-order valence-electron chi connectivity index (χ4n) is 1.82. The van der Waals surface area contributed by atoms with Crippen LogP contribution in [0.25, 0.3) is 0 Å². The summed E-state index contributed by atoms with van der Waals surface area (Å²) in [6.07, 6.45) is 0. The predicted molar refractivity (Wildman–Crippen MR) is 65.4 cm³/mol. The van der Waals surface area contributed by atoms with E-state index in [0.29, 0.717) is 29.8 Å². The van der Waals surface area contributed by atoms with Crippen molar-refractivity contribution in [3.63, 3.8) is 0 Å². The molecule has 1 aromatic carbocycles. The summed E-state index contributed by atoms with van der Waals surface area (Å²) < 4.78 is 19.0. The highest BCUT2D eigenvalue weighted by Crippen LogP contribution is 2.19. The van der Waals surface area contributed by atoms with Crippen LogP contribution in [0.5, 0.6) is 0 Å². The minimum atomic E-state index is -0.420. The summed E-state index contributed by atoms with van der Waals surface area (Å²) in [5.41, 5.74) is 0.374. The fraction of sp³-hybridized carbons (Fsp3) is 0.417. The third kappa shape index (κ3) is 2.66. The number of ether oxygens (including phenoxy) is 1. The number of carbonyl (C=O) groups is 1. The van der Waals surface area contributed by atoms with Crippen LogP contribution in [0, 0.1) is 5.82 Å². The van der Waals surface area contributed by atoms with E-state index in [0.717, 1.165) is 0 Å². The van der Waals surface area contributed by atoms with E-state index in [-0.39, 0.29) is 11.9 Å². The minimum absolute atomic E-state index is 0.0305. The maximum atomic E-state index is 13.4. The van der Waals surface area contributed by atoms with Crippen LogP contribution in [0.15, 0.2) is 22.7 Å². The monoisotopic (exact) mass is 301 g/mol. The molecule has 2 rings (SSSR count). The molecule has 17 heavy (non-hydrogen) atoms. The Kier molecular flexibility index (Phi) is 3.79. The molecule has 1 amide bonds. The first-order valence-corrected chi connectivity index (χ1v) is 6.22. The van der Waals surface area contributed by atoms with E-state index < -0.39 is 5.82 Å². The summed E-state index contributed by atoms with van der Waals surface area (Å²) in [4.78, 5) is 13.9. The third-order valence-corrected chi connectivity index (χ3v) is 3.44. The first-order chi connectivity index (χ1) is 8.09. The van der Waals surface area contributed by atoms with Gasteiger partial charge in [0.1, 0.15) is 5.82 Å². The molecular weight excluding hydrogens is 289 g/mol. The fourth-order valence-corrected chi connectivity index (χ4v) is 2.07. The average molecular weight is 302 g/mol. The van der Waals surface area contributed by atoms with Crippen LogP contribution in [0.2, 0.25) is 0 Å². The molecule has 1 atom stereocenters. The quantitative estimate of drug-likeness (QED) is 0.797. The van der Waals surface area contributed by atoms with Crippen LogP contribution < -0.4 is 0 Å². The van der Waals surface area contributed by atoms with Crippen molar-refractivity contribution >= 4 is 21.8 Å². The first kappa shape index (κ1) is 12.5. The van der Waals surface area contributed by atoms with Crippen LogP contribution in [-0.4, -0.2) is 36.6 Å². The second-order valence-electron chi connectivity index (χ2n) is 4.05. The van der Waals surface area contributed by atoms with Gasteiger partial charge in [-0.05, 0) is 41.1 Å². The van der Waals surface area contributed by atoms with Gasteiger partial charge in [0, 0.05) is 12.1 Å². The molecule has 0 saturated carbocycles. The molecule has 0 spiro atoms. The molecule has 1 heterocycles.